The summed E-state index contributed by atoms with van der Waals surface area (Å²) in [5, 5.41) is 7.01. The minimum Gasteiger partial charge on any atom is -0.311 e. The van der Waals surface area contributed by atoms with Gasteiger partial charge in [-0.15, -0.1) is 0 Å². The summed E-state index contributed by atoms with van der Waals surface area (Å²) < 4.78 is 1.66. The third-order valence-corrected chi connectivity index (χ3v) is 2.48. The van der Waals surface area contributed by atoms with Crippen LogP contribution in [-0.4, -0.2) is 15.7 Å². The first-order chi connectivity index (χ1) is 8.15. The van der Waals surface area contributed by atoms with E-state index in [1.165, 1.54) is 0 Å². The summed E-state index contributed by atoms with van der Waals surface area (Å²) in [6.07, 6.45) is 0.380. The number of carbonyl (C=O) groups excluding carboxylic acids is 1. The van der Waals surface area contributed by atoms with Crippen LogP contribution in [0.4, 0.5) is 5.82 Å². The highest BCUT2D eigenvalue weighted by molar-refractivity contribution is 5.91. The van der Waals surface area contributed by atoms with Crippen LogP contribution in [0.5, 0.6) is 0 Å². The summed E-state index contributed by atoms with van der Waals surface area (Å²) >= 11 is 0. The second-order valence-corrected chi connectivity index (χ2v) is 4.01. The van der Waals surface area contributed by atoms with E-state index in [1.54, 1.807) is 4.68 Å². The molecule has 1 N–H and O–H groups in total. The van der Waals surface area contributed by atoms with Crippen molar-refractivity contribution in [3.05, 3.63) is 47.7 Å². The lowest BCUT2D eigenvalue weighted by molar-refractivity contribution is -0.115. The van der Waals surface area contributed by atoms with Crippen LogP contribution >= 0.6 is 0 Å². The predicted octanol–water partition coefficient (Wildman–Crippen LogP) is 1.91. The third-order valence-electron chi connectivity index (χ3n) is 2.48. The minimum atomic E-state index is -0.0285. The zero-order valence-electron chi connectivity index (χ0n) is 9.97. The fraction of sp³-hybridized carbons (Fsp3) is 0.231. The van der Waals surface area contributed by atoms with Crippen LogP contribution < -0.4 is 5.32 Å². The van der Waals surface area contributed by atoms with E-state index in [2.05, 4.69) is 10.4 Å². The Morgan fingerprint density at radius 1 is 1.35 bits per heavy atom. The molecule has 17 heavy (non-hydrogen) atoms. The van der Waals surface area contributed by atoms with Gasteiger partial charge in [0.05, 0.1) is 12.1 Å². The van der Waals surface area contributed by atoms with Crippen molar-refractivity contribution in [2.24, 2.45) is 7.05 Å². The Bertz CT molecular complexity index is 517. The summed E-state index contributed by atoms with van der Waals surface area (Å²) in [6, 6.07) is 11.5. The van der Waals surface area contributed by atoms with Gasteiger partial charge in [0.2, 0.25) is 5.91 Å². The molecule has 0 fully saturated rings. The Morgan fingerprint density at radius 2 is 2.06 bits per heavy atom. The average Bonchev–Trinajstić information content (AvgIpc) is 2.58. The van der Waals surface area contributed by atoms with Crippen LogP contribution in [-0.2, 0) is 18.3 Å². The second kappa shape index (κ2) is 4.82. The lowest BCUT2D eigenvalue weighted by atomic mass is 10.1. The number of hydrogen-bond donors (Lipinski definition) is 1. The summed E-state index contributed by atoms with van der Waals surface area (Å²) in [7, 11) is 1.81. The standard InChI is InChI=1S/C13H15N3O/c1-10-8-12(16(2)15-10)14-13(17)9-11-6-4-3-5-7-11/h3-8H,9H2,1-2H3,(H,14,17). The summed E-state index contributed by atoms with van der Waals surface area (Å²) in [6.45, 7) is 1.90. The Balaban J connectivity index is 2.01. The molecule has 0 aliphatic rings. The van der Waals surface area contributed by atoms with Crippen molar-refractivity contribution < 1.29 is 4.79 Å². The number of aryl methyl sites for hydroxylation is 2. The molecule has 1 heterocycles. The van der Waals surface area contributed by atoms with E-state index in [4.69, 9.17) is 0 Å². The Labute approximate surface area is 100 Å². The molecule has 0 bridgehead atoms. The summed E-state index contributed by atoms with van der Waals surface area (Å²) in [5.74, 6) is 0.697. The fourth-order valence-electron chi connectivity index (χ4n) is 1.70. The molecule has 0 radical (unpaired) electrons. The van der Waals surface area contributed by atoms with Gasteiger partial charge in [-0.05, 0) is 12.5 Å². The molecule has 4 nitrogen and oxygen atoms in total. The van der Waals surface area contributed by atoms with E-state index in [0.29, 0.717) is 6.42 Å². The van der Waals surface area contributed by atoms with Gasteiger partial charge < -0.3 is 5.32 Å². The largest absolute Gasteiger partial charge is 0.311 e. The van der Waals surface area contributed by atoms with Crippen LogP contribution in [0.2, 0.25) is 0 Å². The van der Waals surface area contributed by atoms with Crippen molar-refractivity contribution in [1.29, 1.82) is 0 Å². The number of amides is 1. The Kier molecular flexibility index (Phi) is 3.23. The van der Waals surface area contributed by atoms with Gasteiger partial charge in [0.1, 0.15) is 5.82 Å². The van der Waals surface area contributed by atoms with E-state index in [9.17, 15) is 4.79 Å². The average molecular weight is 229 g/mol. The number of nitrogens with zero attached hydrogens (tertiary/aromatic N) is 2. The summed E-state index contributed by atoms with van der Waals surface area (Å²) in [4.78, 5) is 11.8. The molecular formula is C13H15N3O. The lowest BCUT2D eigenvalue weighted by Crippen LogP contribution is -2.16. The van der Waals surface area contributed by atoms with Gasteiger partial charge in [0.15, 0.2) is 0 Å². The first-order valence-electron chi connectivity index (χ1n) is 5.49. The fourth-order valence-corrected chi connectivity index (χ4v) is 1.70. The number of nitrogens with one attached hydrogen (secondary N) is 1. The van der Waals surface area contributed by atoms with Gasteiger partial charge >= 0.3 is 0 Å². The topological polar surface area (TPSA) is 46.9 Å². The molecule has 2 aromatic rings. The number of aromatic nitrogens is 2. The van der Waals surface area contributed by atoms with Gasteiger partial charge in [-0.25, -0.2) is 0 Å². The van der Waals surface area contributed by atoms with Crippen molar-refractivity contribution in [1.82, 2.24) is 9.78 Å². The normalized spacial score (nSPS) is 10.2. The Morgan fingerprint density at radius 3 is 2.65 bits per heavy atom. The summed E-state index contributed by atoms with van der Waals surface area (Å²) in [5.41, 5.74) is 1.89. The van der Waals surface area contributed by atoms with E-state index in [0.717, 1.165) is 17.1 Å². The molecule has 0 aliphatic carbocycles. The van der Waals surface area contributed by atoms with Crippen LogP contribution in [0.15, 0.2) is 36.4 Å². The number of carbonyl (C=O) groups is 1. The Hall–Kier alpha value is -2.10. The molecule has 0 spiro atoms. The molecule has 88 valence electrons. The quantitative estimate of drug-likeness (QED) is 0.874. The molecule has 0 unspecified atom stereocenters. The highest BCUT2D eigenvalue weighted by Crippen LogP contribution is 2.09. The monoisotopic (exact) mass is 229 g/mol. The highest BCUT2D eigenvalue weighted by atomic mass is 16.1. The minimum absolute atomic E-state index is 0.0285. The van der Waals surface area contributed by atoms with Gasteiger partial charge in [-0.2, -0.15) is 5.10 Å². The predicted molar refractivity (Wildman–Crippen MR) is 66.7 cm³/mol. The molecule has 0 saturated heterocycles. The van der Waals surface area contributed by atoms with Crippen molar-refractivity contribution >= 4 is 11.7 Å². The van der Waals surface area contributed by atoms with Gasteiger partial charge in [0.25, 0.3) is 0 Å². The number of anilines is 1. The maximum absolute atomic E-state index is 11.8. The smallest absolute Gasteiger partial charge is 0.229 e. The first kappa shape index (κ1) is 11.4. The first-order valence-corrected chi connectivity index (χ1v) is 5.49. The highest BCUT2D eigenvalue weighted by Gasteiger charge is 2.07. The van der Waals surface area contributed by atoms with Crippen LogP contribution in [0.3, 0.4) is 0 Å². The van der Waals surface area contributed by atoms with E-state index in [1.807, 2.05) is 50.4 Å². The number of hydrogen-bond acceptors (Lipinski definition) is 2. The molecular weight excluding hydrogens is 214 g/mol. The van der Waals surface area contributed by atoms with Gasteiger partial charge in [0, 0.05) is 13.1 Å². The molecule has 1 aromatic heterocycles. The SMILES string of the molecule is Cc1cc(NC(=O)Cc2ccccc2)n(C)n1. The van der Waals surface area contributed by atoms with Crippen LogP contribution in [0, 0.1) is 6.92 Å². The molecule has 4 heteroatoms. The molecule has 0 saturated carbocycles. The van der Waals surface area contributed by atoms with E-state index < -0.39 is 0 Å². The zero-order chi connectivity index (χ0) is 12.3. The van der Waals surface area contributed by atoms with Crippen LogP contribution in [0.25, 0.3) is 0 Å². The second-order valence-electron chi connectivity index (χ2n) is 4.01. The van der Waals surface area contributed by atoms with E-state index in [-0.39, 0.29) is 5.91 Å². The molecule has 0 atom stereocenters. The molecule has 0 aliphatic heterocycles. The number of benzene rings is 1. The van der Waals surface area contributed by atoms with Crippen LogP contribution in [0.1, 0.15) is 11.3 Å². The van der Waals surface area contributed by atoms with E-state index >= 15 is 0 Å². The van der Waals surface area contributed by atoms with Crippen molar-refractivity contribution in [3.63, 3.8) is 0 Å². The zero-order valence-corrected chi connectivity index (χ0v) is 9.97. The van der Waals surface area contributed by atoms with Crippen molar-refractivity contribution in [2.75, 3.05) is 5.32 Å². The molecule has 1 aromatic carbocycles. The van der Waals surface area contributed by atoms with Gasteiger partial charge in [-0.1, -0.05) is 30.3 Å². The number of rotatable bonds is 3. The van der Waals surface area contributed by atoms with Gasteiger partial charge in [-0.3, -0.25) is 9.48 Å². The van der Waals surface area contributed by atoms with Crippen molar-refractivity contribution in [2.45, 2.75) is 13.3 Å². The maximum atomic E-state index is 11.8. The third kappa shape index (κ3) is 2.93. The molecule has 2 rings (SSSR count). The molecule has 1 amide bonds. The maximum Gasteiger partial charge on any atom is 0.229 e. The van der Waals surface area contributed by atoms with Crippen molar-refractivity contribution in [3.8, 4) is 0 Å². The lowest BCUT2D eigenvalue weighted by Gasteiger charge is -2.04.